The van der Waals surface area contributed by atoms with Crippen LogP contribution in [-0.2, 0) is 6.42 Å². The molecule has 0 saturated carbocycles. The average molecular weight is 252 g/mol. The van der Waals surface area contributed by atoms with Gasteiger partial charge in [0.25, 0.3) is 0 Å². The van der Waals surface area contributed by atoms with Crippen molar-refractivity contribution in [2.24, 2.45) is 10.8 Å². The lowest BCUT2D eigenvalue weighted by Crippen LogP contribution is -2.31. The van der Waals surface area contributed by atoms with Crippen LogP contribution in [0.1, 0.15) is 54.0 Å². The summed E-state index contributed by atoms with van der Waals surface area (Å²) >= 11 is 0. The fourth-order valence-corrected chi connectivity index (χ4v) is 1.37. The SMILES string of the molecule is CC.CC(C)(C)C(C)(C)Cc1ccccc1.CO. The fraction of sp³-hybridized carbons (Fsp3) is 0.647. The van der Waals surface area contributed by atoms with E-state index in [9.17, 15) is 0 Å². The lowest BCUT2D eigenvalue weighted by atomic mass is 9.66. The maximum Gasteiger partial charge on any atom is 0.0319 e. The smallest absolute Gasteiger partial charge is 0.0319 e. The summed E-state index contributed by atoms with van der Waals surface area (Å²) < 4.78 is 0. The van der Waals surface area contributed by atoms with Crippen LogP contribution in [0.25, 0.3) is 0 Å². The van der Waals surface area contributed by atoms with E-state index >= 15 is 0 Å². The topological polar surface area (TPSA) is 20.2 Å². The zero-order valence-electron chi connectivity index (χ0n) is 13.5. The first kappa shape index (κ1) is 19.5. The van der Waals surface area contributed by atoms with Crippen molar-refractivity contribution in [3.63, 3.8) is 0 Å². The van der Waals surface area contributed by atoms with Crippen LogP contribution in [0, 0.1) is 10.8 Å². The van der Waals surface area contributed by atoms with Crippen molar-refractivity contribution >= 4 is 0 Å². The molecule has 1 aromatic carbocycles. The third-order valence-corrected chi connectivity index (χ3v) is 3.52. The second-order valence-corrected chi connectivity index (χ2v) is 5.80. The Morgan fingerprint density at radius 1 is 0.833 bits per heavy atom. The predicted octanol–water partition coefficient (Wildman–Crippen LogP) is 4.94. The van der Waals surface area contributed by atoms with Gasteiger partial charge in [-0.25, -0.2) is 0 Å². The van der Waals surface area contributed by atoms with Gasteiger partial charge in [-0.05, 0) is 22.8 Å². The highest BCUT2D eigenvalue weighted by molar-refractivity contribution is 5.16. The van der Waals surface area contributed by atoms with Crippen molar-refractivity contribution in [3.05, 3.63) is 35.9 Å². The first-order valence-electron chi connectivity index (χ1n) is 6.82. The summed E-state index contributed by atoms with van der Waals surface area (Å²) in [4.78, 5) is 0. The van der Waals surface area contributed by atoms with Gasteiger partial charge in [0, 0.05) is 7.11 Å². The van der Waals surface area contributed by atoms with Crippen LogP contribution in [0.3, 0.4) is 0 Å². The van der Waals surface area contributed by atoms with Crippen LogP contribution in [0.4, 0.5) is 0 Å². The normalized spacial score (nSPS) is 10.7. The number of aliphatic hydroxyl groups excluding tert-OH is 1. The Balaban J connectivity index is 0. The van der Waals surface area contributed by atoms with Gasteiger partial charge in [0.2, 0.25) is 0 Å². The second kappa shape index (κ2) is 9.16. The Bertz CT molecular complexity index is 280. The minimum Gasteiger partial charge on any atom is -0.400 e. The first-order valence-corrected chi connectivity index (χ1v) is 6.82. The van der Waals surface area contributed by atoms with Crippen LogP contribution in [-0.4, -0.2) is 12.2 Å². The predicted molar refractivity (Wildman–Crippen MR) is 82.9 cm³/mol. The maximum absolute atomic E-state index is 7.00. The molecule has 18 heavy (non-hydrogen) atoms. The van der Waals surface area contributed by atoms with Crippen molar-refractivity contribution in [1.82, 2.24) is 0 Å². The van der Waals surface area contributed by atoms with E-state index in [1.54, 1.807) is 0 Å². The van der Waals surface area contributed by atoms with E-state index in [4.69, 9.17) is 5.11 Å². The van der Waals surface area contributed by atoms with E-state index in [1.807, 2.05) is 13.8 Å². The number of aliphatic hydroxyl groups is 1. The molecule has 1 aromatic rings. The van der Waals surface area contributed by atoms with Gasteiger partial charge in [-0.1, -0.05) is 78.8 Å². The average Bonchev–Trinajstić information content (AvgIpc) is 2.33. The molecule has 0 atom stereocenters. The molecule has 0 aliphatic rings. The van der Waals surface area contributed by atoms with E-state index in [1.165, 1.54) is 5.56 Å². The molecule has 0 fully saturated rings. The quantitative estimate of drug-likeness (QED) is 0.790. The summed E-state index contributed by atoms with van der Waals surface area (Å²) in [6.07, 6.45) is 1.15. The molecule has 0 bridgehead atoms. The minimum absolute atomic E-state index is 0.342. The fourth-order valence-electron chi connectivity index (χ4n) is 1.37. The minimum atomic E-state index is 0.342. The zero-order valence-corrected chi connectivity index (χ0v) is 13.5. The van der Waals surface area contributed by atoms with Gasteiger partial charge >= 0.3 is 0 Å². The molecule has 0 heterocycles. The van der Waals surface area contributed by atoms with Crippen LogP contribution in [0.5, 0.6) is 0 Å². The van der Waals surface area contributed by atoms with E-state index in [-0.39, 0.29) is 0 Å². The lowest BCUT2D eigenvalue weighted by Gasteiger charge is -2.39. The Hall–Kier alpha value is -0.820. The third kappa shape index (κ3) is 6.80. The number of benzene rings is 1. The van der Waals surface area contributed by atoms with Gasteiger partial charge in [0.05, 0.1) is 0 Å². The Morgan fingerprint density at radius 3 is 1.56 bits per heavy atom. The molecule has 1 nitrogen and oxygen atoms in total. The Morgan fingerprint density at radius 2 is 1.22 bits per heavy atom. The molecule has 0 aromatic heterocycles. The number of hydrogen-bond donors (Lipinski definition) is 1. The largest absolute Gasteiger partial charge is 0.400 e. The highest BCUT2D eigenvalue weighted by atomic mass is 16.2. The lowest BCUT2D eigenvalue weighted by molar-refractivity contribution is 0.132. The summed E-state index contributed by atoms with van der Waals surface area (Å²) in [5.41, 5.74) is 2.13. The first-order chi connectivity index (χ1) is 8.33. The van der Waals surface area contributed by atoms with E-state index < -0.39 is 0 Å². The van der Waals surface area contributed by atoms with Crippen LogP contribution in [0.15, 0.2) is 30.3 Å². The molecule has 0 unspecified atom stereocenters. The second-order valence-electron chi connectivity index (χ2n) is 5.80. The van der Waals surface area contributed by atoms with Crippen molar-refractivity contribution in [2.45, 2.75) is 54.9 Å². The summed E-state index contributed by atoms with van der Waals surface area (Å²) in [5.74, 6) is 0. The molecule has 1 rings (SSSR count). The molecular weight excluding hydrogens is 220 g/mol. The molecule has 1 N–H and O–H groups in total. The van der Waals surface area contributed by atoms with E-state index in [0.29, 0.717) is 10.8 Å². The zero-order chi connectivity index (χ0) is 14.8. The molecule has 0 spiro atoms. The molecule has 106 valence electrons. The summed E-state index contributed by atoms with van der Waals surface area (Å²) in [6.45, 7) is 15.6. The highest BCUT2D eigenvalue weighted by Gasteiger charge is 2.32. The van der Waals surface area contributed by atoms with Gasteiger partial charge in [-0.2, -0.15) is 0 Å². The molecule has 1 heteroatoms. The summed E-state index contributed by atoms with van der Waals surface area (Å²) in [6, 6.07) is 10.7. The van der Waals surface area contributed by atoms with Crippen molar-refractivity contribution in [2.75, 3.05) is 7.11 Å². The van der Waals surface area contributed by atoms with Gasteiger partial charge in [-0.15, -0.1) is 0 Å². The van der Waals surface area contributed by atoms with Gasteiger partial charge in [0.15, 0.2) is 0 Å². The van der Waals surface area contributed by atoms with Gasteiger partial charge < -0.3 is 5.11 Å². The number of rotatable bonds is 2. The molecule has 0 aliphatic carbocycles. The van der Waals surface area contributed by atoms with Crippen molar-refractivity contribution < 1.29 is 5.11 Å². The van der Waals surface area contributed by atoms with Gasteiger partial charge in [0.1, 0.15) is 0 Å². The monoisotopic (exact) mass is 252 g/mol. The molecule has 0 aliphatic heterocycles. The maximum atomic E-state index is 7.00. The van der Waals surface area contributed by atoms with Crippen LogP contribution in [0.2, 0.25) is 0 Å². The summed E-state index contributed by atoms with van der Waals surface area (Å²) in [7, 11) is 1.00. The highest BCUT2D eigenvalue weighted by Crippen LogP contribution is 2.40. The molecular formula is C17H32O. The van der Waals surface area contributed by atoms with E-state index in [0.717, 1.165) is 13.5 Å². The van der Waals surface area contributed by atoms with E-state index in [2.05, 4.69) is 65.0 Å². The molecule has 0 radical (unpaired) electrons. The number of hydrogen-bond acceptors (Lipinski definition) is 1. The Kier molecular flexibility index (Phi) is 9.93. The summed E-state index contributed by atoms with van der Waals surface area (Å²) in [5, 5.41) is 7.00. The Labute approximate surface area is 114 Å². The van der Waals surface area contributed by atoms with Crippen LogP contribution < -0.4 is 0 Å². The van der Waals surface area contributed by atoms with Crippen molar-refractivity contribution in [1.29, 1.82) is 0 Å². The standard InChI is InChI=1S/C14H22.C2H6.CH4O/c1-13(2,3)14(4,5)11-12-9-7-6-8-10-12;2*1-2/h6-10H,11H2,1-5H3;1-2H3;2H,1H3. The molecule has 0 amide bonds. The van der Waals surface area contributed by atoms with Crippen LogP contribution >= 0.6 is 0 Å². The third-order valence-electron chi connectivity index (χ3n) is 3.52. The van der Waals surface area contributed by atoms with Crippen molar-refractivity contribution in [3.8, 4) is 0 Å². The van der Waals surface area contributed by atoms with Gasteiger partial charge in [-0.3, -0.25) is 0 Å². The molecule has 0 saturated heterocycles.